The fraction of sp³-hybridized carbons (Fsp3) is 0.200. The highest BCUT2D eigenvalue weighted by molar-refractivity contribution is 7.73. The Hall–Kier alpha value is -1.92. The molecule has 1 aromatic heterocycles. The molecule has 0 amide bonds. The monoisotopic (exact) mass is 321 g/mol. The van der Waals surface area contributed by atoms with Gasteiger partial charge in [-0.2, -0.15) is 0 Å². The van der Waals surface area contributed by atoms with Crippen LogP contribution in [0, 0.1) is 3.95 Å². The number of thiazole rings is 1. The first-order valence-electron chi connectivity index (χ1n) is 6.35. The minimum Gasteiger partial charge on any atom is -0.497 e. The molecule has 110 valence electrons. The number of aromatic amines is 1. The number of hydrogen-bond acceptors (Lipinski definition) is 5. The summed E-state index contributed by atoms with van der Waals surface area (Å²) in [5.74, 6) is 0.389. The molecule has 6 heteroatoms. The highest BCUT2D eigenvalue weighted by Gasteiger charge is 1.99. The molecule has 1 heterocycles. The SMILES string of the molecule is CCOC(=O)/C=c1\[nH]c(=S)s\c1=C/c1cccc(OC)c1. The van der Waals surface area contributed by atoms with Crippen LogP contribution in [0.3, 0.4) is 0 Å². The molecule has 0 atom stereocenters. The van der Waals surface area contributed by atoms with Gasteiger partial charge >= 0.3 is 5.97 Å². The van der Waals surface area contributed by atoms with Crippen molar-refractivity contribution in [2.45, 2.75) is 6.92 Å². The number of nitrogens with one attached hydrogen (secondary N) is 1. The predicted octanol–water partition coefficient (Wildman–Crippen LogP) is 1.99. The lowest BCUT2D eigenvalue weighted by Crippen LogP contribution is -2.23. The molecular formula is C15H15NO3S2. The number of ether oxygens (including phenoxy) is 2. The Morgan fingerprint density at radius 1 is 1.48 bits per heavy atom. The molecule has 1 aromatic carbocycles. The van der Waals surface area contributed by atoms with Crippen LogP contribution in [0.1, 0.15) is 12.5 Å². The summed E-state index contributed by atoms with van der Waals surface area (Å²) in [4.78, 5) is 14.6. The van der Waals surface area contributed by atoms with Gasteiger partial charge in [-0.1, -0.05) is 12.1 Å². The number of carbonyl (C=O) groups excluding carboxylic acids is 1. The van der Waals surface area contributed by atoms with E-state index < -0.39 is 0 Å². The van der Waals surface area contributed by atoms with Crippen molar-refractivity contribution in [3.05, 3.63) is 43.7 Å². The van der Waals surface area contributed by atoms with Gasteiger partial charge in [-0.05, 0) is 42.9 Å². The van der Waals surface area contributed by atoms with Gasteiger partial charge in [0.2, 0.25) is 0 Å². The number of hydrogen-bond donors (Lipinski definition) is 1. The topological polar surface area (TPSA) is 51.3 Å². The molecule has 0 aliphatic rings. The third-order valence-corrected chi connectivity index (χ3v) is 3.84. The number of H-pyrrole nitrogens is 1. The summed E-state index contributed by atoms with van der Waals surface area (Å²) in [7, 11) is 1.62. The lowest BCUT2D eigenvalue weighted by Gasteiger charge is -1.99. The lowest BCUT2D eigenvalue weighted by atomic mass is 10.2. The summed E-state index contributed by atoms with van der Waals surface area (Å²) in [5, 5.41) is 0.659. The summed E-state index contributed by atoms with van der Waals surface area (Å²) in [6, 6.07) is 7.66. The average molecular weight is 321 g/mol. The lowest BCUT2D eigenvalue weighted by molar-refractivity contribution is -0.135. The minimum absolute atomic E-state index is 0.342. The Morgan fingerprint density at radius 2 is 2.29 bits per heavy atom. The highest BCUT2D eigenvalue weighted by Crippen LogP contribution is 2.12. The van der Waals surface area contributed by atoms with Crippen molar-refractivity contribution in [1.82, 2.24) is 4.98 Å². The molecule has 1 N–H and O–H groups in total. The molecule has 2 rings (SSSR count). The van der Waals surface area contributed by atoms with Crippen molar-refractivity contribution in [1.29, 1.82) is 0 Å². The number of benzene rings is 1. The third kappa shape index (κ3) is 4.27. The molecule has 0 saturated heterocycles. The normalized spacial score (nSPS) is 12.5. The van der Waals surface area contributed by atoms with Gasteiger partial charge in [-0.15, -0.1) is 11.3 Å². The van der Waals surface area contributed by atoms with Crippen LogP contribution in [0.15, 0.2) is 24.3 Å². The molecule has 4 nitrogen and oxygen atoms in total. The van der Waals surface area contributed by atoms with E-state index >= 15 is 0 Å². The zero-order chi connectivity index (χ0) is 15.2. The predicted molar refractivity (Wildman–Crippen MR) is 86.4 cm³/mol. The van der Waals surface area contributed by atoms with Crippen LogP contribution in [-0.4, -0.2) is 24.7 Å². The van der Waals surface area contributed by atoms with E-state index in [1.54, 1.807) is 14.0 Å². The molecule has 21 heavy (non-hydrogen) atoms. The Kier molecular flexibility index (Phi) is 5.30. The number of carbonyl (C=O) groups is 1. The number of rotatable bonds is 4. The summed E-state index contributed by atoms with van der Waals surface area (Å²) in [6.45, 7) is 2.11. The van der Waals surface area contributed by atoms with Crippen LogP contribution >= 0.6 is 23.6 Å². The van der Waals surface area contributed by atoms with Gasteiger partial charge in [-0.3, -0.25) is 0 Å². The van der Waals surface area contributed by atoms with Gasteiger partial charge < -0.3 is 14.5 Å². The number of esters is 1. The smallest absolute Gasteiger partial charge is 0.332 e. The first-order chi connectivity index (χ1) is 10.1. The molecule has 0 radical (unpaired) electrons. The Morgan fingerprint density at radius 3 is 3.00 bits per heavy atom. The van der Waals surface area contributed by atoms with Gasteiger partial charge in [0.15, 0.2) is 3.95 Å². The maximum Gasteiger partial charge on any atom is 0.332 e. The molecule has 0 aliphatic carbocycles. The number of methoxy groups -OCH3 is 1. The Labute approximate surface area is 131 Å². The molecule has 0 saturated carbocycles. The van der Waals surface area contributed by atoms with Crippen molar-refractivity contribution < 1.29 is 14.3 Å². The second kappa shape index (κ2) is 7.19. The molecule has 2 aromatic rings. The Bertz CT molecular complexity index is 805. The van der Waals surface area contributed by atoms with E-state index in [2.05, 4.69) is 4.98 Å². The van der Waals surface area contributed by atoms with Gasteiger partial charge in [0.05, 0.1) is 23.6 Å². The van der Waals surface area contributed by atoms with Crippen LogP contribution in [0.2, 0.25) is 0 Å². The molecular weight excluding hydrogens is 306 g/mol. The van der Waals surface area contributed by atoms with E-state index in [-0.39, 0.29) is 5.97 Å². The maximum atomic E-state index is 11.6. The molecule has 0 spiro atoms. The van der Waals surface area contributed by atoms with Gasteiger partial charge in [0, 0.05) is 6.08 Å². The van der Waals surface area contributed by atoms with Crippen molar-refractivity contribution in [3.63, 3.8) is 0 Å². The largest absolute Gasteiger partial charge is 0.497 e. The summed E-state index contributed by atoms with van der Waals surface area (Å²) in [6.07, 6.45) is 3.37. The summed E-state index contributed by atoms with van der Waals surface area (Å²) in [5.41, 5.74) is 0.970. The van der Waals surface area contributed by atoms with E-state index in [1.165, 1.54) is 17.4 Å². The van der Waals surface area contributed by atoms with Crippen molar-refractivity contribution in [2.24, 2.45) is 0 Å². The van der Waals surface area contributed by atoms with Crippen LogP contribution in [-0.2, 0) is 9.53 Å². The zero-order valence-electron chi connectivity index (χ0n) is 11.7. The minimum atomic E-state index is -0.387. The number of aromatic nitrogens is 1. The van der Waals surface area contributed by atoms with E-state index in [9.17, 15) is 4.79 Å². The molecule has 0 bridgehead atoms. The van der Waals surface area contributed by atoms with Crippen LogP contribution in [0.5, 0.6) is 5.75 Å². The van der Waals surface area contributed by atoms with Gasteiger partial charge in [-0.25, -0.2) is 4.79 Å². The van der Waals surface area contributed by atoms with Crippen LogP contribution in [0.4, 0.5) is 0 Å². The standard InChI is InChI=1S/C15H15NO3S2/c1-3-19-14(17)9-12-13(21-15(20)16-12)8-10-5-4-6-11(7-10)18-2/h4-9H,3H2,1-2H3,(H,16,20)/b12-9-,13-8-. The third-order valence-electron chi connectivity index (χ3n) is 2.65. The van der Waals surface area contributed by atoms with E-state index in [0.717, 1.165) is 15.8 Å². The Balaban J connectivity index is 2.51. The first kappa shape index (κ1) is 15.5. The van der Waals surface area contributed by atoms with E-state index in [1.807, 2.05) is 30.3 Å². The second-order valence-electron chi connectivity index (χ2n) is 4.11. The molecule has 0 fully saturated rings. The van der Waals surface area contributed by atoms with Gasteiger partial charge in [0.1, 0.15) is 5.75 Å². The van der Waals surface area contributed by atoms with Crippen LogP contribution in [0.25, 0.3) is 12.2 Å². The van der Waals surface area contributed by atoms with Crippen molar-refractivity contribution in [2.75, 3.05) is 13.7 Å². The van der Waals surface area contributed by atoms with E-state index in [4.69, 9.17) is 21.7 Å². The highest BCUT2D eigenvalue weighted by atomic mass is 32.1. The molecule has 0 aliphatic heterocycles. The maximum absolute atomic E-state index is 11.6. The van der Waals surface area contributed by atoms with Crippen LogP contribution < -0.4 is 14.6 Å². The second-order valence-corrected chi connectivity index (χ2v) is 5.83. The average Bonchev–Trinajstić information content (AvgIpc) is 2.79. The quantitative estimate of drug-likeness (QED) is 0.691. The molecule has 0 unspecified atom stereocenters. The fourth-order valence-corrected chi connectivity index (χ4v) is 2.91. The van der Waals surface area contributed by atoms with Crippen molar-refractivity contribution in [3.8, 4) is 5.75 Å². The summed E-state index contributed by atoms with van der Waals surface area (Å²) < 4.78 is 11.6. The summed E-state index contributed by atoms with van der Waals surface area (Å²) >= 11 is 6.56. The zero-order valence-corrected chi connectivity index (χ0v) is 13.3. The van der Waals surface area contributed by atoms with Gasteiger partial charge in [0.25, 0.3) is 0 Å². The van der Waals surface area contributed by atoms with Crippen molar-refractivity contribution >= 4 is 41.7 Å². The fourth-order valence-electron chi connectivity index (χ4n) is 1.75. The first-order valence-corrected chi connectivity index (χ1v) is 7.58. The van der Waals surface area contributed by atoms with E-state index in [0.29, 0.717) is 15.9 Å².